The van der Waals surface area contributed by atoms with Crippen molar-refractivity contribution in [1.29, 1.82) is 0 Å². The summed E-state index contributed by atoms with van der Waals surface area (Å²) in [6, 6.07) is 13.1. The molecule has 2 saturated heterocycles. The van der Waals surface area contributed by atoms with Crippen LogP contribution in [0.25, 0.3) is 10.9 Å². The summed E-state index contributed by atoms with van der Waals surface area (Å²) in [5.74, 6) is 2.36. The first kappa shape index (κ1) is 30.7. The molecule has 0 bridgehead atoms. The number of Topliss-reactive ketones (excluding diaryl/α,β-unsaturated/α-hetero) is 1. The third-order valence-electron chi connectivity index (χ3n) is 8.23. The molecule has 2 fully saturated rings. The maximum atomic E-state index is 13.1. The van der Waals surface area contributed by atoms with Gasteiger partial charge in [-0.2, -0.15) is 0 Å². The molecule has 2 aliphatic heterocycles. The highest BCUT2D eigenvalue weighted by Gasteiger charge is 2.18. The second-order valence-corrected chi connectivity index (χ2v) is 11.4. The van der Waals surface area contributed by atoms with Crippen LogP contribution in [0.15, 0.2) is 61.1 Å². The predicted molar refractivity (Wildman–Crippen MR) is 172 cm³/mol. The normalized spacial score (nSPS) is 16.1. The molecule has 0 radical (unpaired) electrons. The van der Waals surface area contributed by atoms with E-state index in [9.17, 15) is 4.79 Å². The molecule has 236 valence electrons. The third-order valence-corrected chi connectivity index (χ3v) is 8.23. The van der Waals surface area contributed by atoms with Gasteiger partial charge in [0, 0.05) is 81.0 Å². The van der Waals surface area contributed by atoms with Crippen LogP contribution < -0.4 is 19.1 Å². The van der Waals surface area contributed by atoms with Gasteiger partial charge in [0.15, 0.2) is 17.3 Å². The number of nitrogens with zero attached hydrogens (tertiary/aromatic N) is 6. The molecule has 0 aliphatic carbocycles. The van der Waals surface area contributed by atoms with Crippen LogP contribution in [-0.2, 0) is 11.2 Å². The zero-order valence-corrected chi connectivity index (χ0v) is 26.0. The average molecular weight is 613 g/mol. The molecule has 0 saturated carbocycles. The molecule has 5 heterocycles. The van der Waals surface area contributed by atoms with Gasteiger partial charge in [-0.25, -0.2) is 0 Å². The van der Waals surface area contributed by atoms with Crippen molar-refractivity contribution in [1.82, 2.24) is 24.8 Å². The maximum Gasteiger partial charge on any atom is 0.187 e. The van der Waals surface area contributed by atoms with Gasteiger partial charge in [0.1, 0.15) is 17.2 Å². The minimum atomic E-state index is -0.0708. The van der Waals surface area contributed by atoms with E-state index in [-0.39, 0.29) is 12.2 Å². The first-order chi connectivity index (χ1) is 22.1. The van der Waals surface area contributed by atoms with Crippen molar-refractivity contribution >= 4 is 22.4 Å². The Morgan fingerprint density at radius 3 is 2.49 bits per heavy atom. The number of ether oxygens (including phenoxy) is 4. The predicted octanol–water partition coefficient (Wildman–Crippen LogP) is 4.10. The van der Waals surface area contributed by atoms with Crippen molar-refractivity contribution in [3.63, 3.8) is 0 Å². The fourth-order valence-corrected chi connectivity index (χ4v) is 5.58. The molecule has 0 N–H and O–H groups in total. The number of benzene rings is 1. The second-order valence-electron chi connectivity index (χ2n) is 11.4. The Hall–Kier alpha value is -4.32. The van der Waals surface area contributed by atoms with E-state index < -0.39 is 0 Å². The van der Waals surface area contributed by atoms with Crippen molar-refractivity contribution in [3.05, 3.63) is 72.4 Å². The van der Waals surface area contributed by atoms with Crippen molar-refractivity contribution in [2.75, 3.05) is 84.7 Å². The Morgan fingerprint density at radius 2 is 1.71 bits per heavy atom. The number of anilines is 1. The number of hydrogen-bond acceptors (Lipinski definition) is 11. The zero-order valence-electron chi connectivity index (χ0n) is 26.0. The summed E-state index contributed by atoms with van der Waals surface area (Å²) in [5.41, 5.74) is 2.86. The van der Waals surface area contributed by atoms with Crippen LogP contribution in [0.2, 0.25) is 0 Å². The number of carbonyl (C=O) groups is 1. The molecule has 11 heteroatoms. The highest BCUT2D eigenvalue weighted by molar-refractivity contribution is 5.96. The van der Waals surface area contributed by atoms with Gasteiger partial charge in [-0.05, 0) is 49.9 Å². The molecule has 11 nitrogen and oxygen atoms in total. The van der Waals surface area contributed by atoms with Crippen molar-refractivity contribution in [3.8, 4) is 23.0 Å². The second kappa shape index (κ2) is 14.6. The van der Waals surface area contributed by atoms with Crippen LogP contribution in [0.5, 0.6) is 23.0 Å². The lowest BCUT2D eigenvalue weighted by atomic mass is 10.1. The van der Waals surface area contributed by atoms with E-state index in [0.717, 1.165) is 82.0 Å². The van der Waals surface area contributed by atoms with E-state index in [2.05, 4.69) is 36.7 Å². The average Bonchev–Trinajstić information content (AvgIpc) is 3.08. The number of ketones is 1. The van der Waals surface area contributed by atoms with Gasteiger partial charge in [-0.1, -0.05) is 0 Å². The van der Waals surface area contributed by atoms with Crippen LogP contribution in [0.1, 0.15) is 22.6 Å². The van der Waals surface area contributed by atoms with Crippen molar-refractivity contribution < 1.29 is 23.7 Å². The maximum absolute atomic E-state index is 13.1. The molecule has 0 atom stereocenters. The zero-order chi connectivity index (χ0) is 31.0. The minimum Gasteiger partial charge on any atom is -0.493 e. The van der Waals surface area contributed by atoms with Gasteiger partial charge >= 0.3 is 0 Å². The number of rotatable bonds is 12. The summed E-state index contributed by atoms with van der Waals surface area (Å²) in [7, 11) is 3.75. The van der Waals surface area contributed by atoms with Gasteiger partial charge < -0.3 is 28.7 Å². The Kier molecular flexibility index (Phi) is 9.99. The van der Waals surface area contributed by atoms with Gasteiger partial charge in [-0.3, -0.25) is 24.6 Å². The summed E-state index contributed by atoms with van der Waals surface area (Å²) in [6.45, 7) is 8.92. The van der Waals surface area contributed by atoms with Crippen molar-refractivity contribution in [2.24, 2.45) is 0 Å². The van der Waals surface area contributed by atoms with Gasteiger partial charge in [0.25, 0.3) is 0 Å². The molecule has 4 aromatic rings. The molecule has 45 heavy (non-hydrogen) atoms. The Labute approximate surface area is 263 Å². The molecule has 2 aliphatic rings. The summed E-state index contributed by atoms with van der Waals surface area (Å²) >= 11 is 0. The van der Waals surface area contributed by atoms with E-state index >= 15 is 0 Å². The van der Waals surface area contributed by atoms with E-state index in [4.69, 9.17) is 18.9 Å². The number of pyridine rings is 3. The van der Waals surface area contributed by atoms with Crippen LogP contribution in [0.3, 0.4) is 0 Å². The summed E-state index contributed by atoms with van der Waals surface area (Å²) in [5, 5.41) is 0.792. The highest BCUT2D eigenvalue weighted by atomic mass is 16.5. The molecule has 0 amide bonds. The lowest BCUT2D eigenvalue weighted by Crippen LogP contribution is -2.44. The molecule has 3 aromatic heterocycles. The van der Waals surface area contributed by atoms with E-state index in [1.165, 1.54) is 0 Å². The fraction of sp³-hybridized carbons (Fsp3) is 0.412. The standard InChI is InChI=1S/C34H40N6O5/c1-38-11-13-40(14-12-38)26-6-8-36-30(21-26)31(41)20-25-4-5-27(24-37-25)45-32-7-9-35-29-23-34(33(42-2)22-28(29)32)44-17-3-10-39-15-18-43-19-16-39/h4-9,21-24H,3,10-20H2,1-2H3. The first-order valence-corrected chi connectivity index (χ1v) is 15.5. The van der Waals surface area contributed by atoms with E-state index in [0.29, 0.717) is 41.0 Å². The molecular weight excluding hydrogens is 572 g/mol. The Morgan fingerprint density at radius 1 is 0.889 bits per heavy atom. The number of fused-ring (bicyclic) bond motifs is 1. The van der Waals surface area contributed by atoms with Crippen LogP contribution in [0.4, 0.5) is 5.69 Å². The SMILES string of the molecule is COc1cc2c(Oc3ccc(CC(=O)c4cc(N5CCN(C)CC5)ccn4)nc3)ccnc2cc1OCCCN1CCOCC1. The first-order valence-electron chi connectivity index (χ1n) is 15.5. The number of aromatic nitrogens is 3. The summed E-state index contributed by atoms with van der Waals surface area (Å²) in [4.78, 5) is 33.4. The summed E-state index contributed by atoms with van der Waals surface area (Å²) in [6.07, 6.45) is 6.11. The molecule has 0 unspecified atom stereocenters. The smallest absolute Gasteiger partial charge is 0.187 e. The molecule has 6 rings (SSSR count). The molecule has 0 spiro atoms. The third kappa shape index (κ3) is 7.86. The fourth-order valence-electron chi connectivity index (χ4n) is 5.58. The molecular formula is C34H40N6O5. The number of methoxy groups -OCH3 is 1. The van der Waals surface area contributed by atoms with E-state index in [1.54, 1.807) is 31.8 Å². The highest BCUT2D eigenvalue weighted by Crippen LogP contribution is 2.37. The van der Waals surface area contributed by atoms with Crippen LogP contribution >= 0.6 is 0 Å². The van der Waals surface area contributed by atoms with E-state index in [1.807, 2.05) is 36.4 Å². The lowest BCUT2D eigenvalue weighted by Gasteiger charge is -2.34. The lowest BCUT2D eigenvalue weighted by molar-refractivity contribution is 0.0357. The monoisotopic (exact) mass is 612 g/mol. The van der Waals surface area contributed by atoms with Crippen molar-refractivity contribution in [2.45, 2.75) is 12.8 Å². The number of carbonyl (C=O) groups excluding carboxylic acids is 1. The Bertz CT molecular complexity index is 1590. The van der Waals surface area contributed by atoms with Crippen LogP contribution in [-0.4, -0.2) is 110 Å². The quantitative estimate of drug-likeness (QED) is 0.171. The topological polar surface area (TPSA) is 102 Å². The Balaban J connectivity index is 1.08. The number of piperazine rings is 1. The summed E-state index contributed by atoms with van der Waals surface area (Å²) < 4.78 is 23.4. The molecule has 1 aromatic carbocycles. The minimum absolute atomic E-state index is 0.0708. The number of likely N-dealkylation sites (N-methyl/N-ethyl adjacent to an activating group) is 1. The van der Waals surface area contributed by atoms with Gasteiger partial charge in [-0.15, -0.1) is 0 Å². The number of morpholine rings is 1. The largest absolute Gasteiger partial charge is 0.493 e. The van der Waals surface area contributed by atoms with Gasteiger partial charge in [0.2, 0.25) is 0 Å². The van der Waals surface area contributed by atoms with Crippen LogP contribution in [0, 0.1) is 0 Å². The number of hydrogen-bond donors (Lipinski definition) is 0. The van der Waals surface area contributed by atoms with Gasteiger partial charge in [0.05, 0.1) is 45.1 Å².